The van der Waals surface area contributed by atoms with E-state index in [4.69, 9.17) is 10.5 Å². The van der Waals surface area contributed by atoms with Gasteiger partial charge < -0.3 is 10.5 Å². The van der Waals surface area contributed by atoms with Crippen LogP contribution in [0.4, 0.5) is 0 Å². The van der Waals surface area contributed by atoms with Gasteiger partial charge in [0.05, 0.1) is 0 Å². The third kappa shape index (κ3) is 12.3. The first-order valence-electron chi connectivity index (χ1n) is 9.22. The van der Waals surface area contributed by atoms with Gasteiger partial charge in [-0.2, -0.15) is 0 Å². The van der Waals surface area contributed by atoms with Gasteiger partial charge in [0, 0.05) is 6.42 Å². The van der Waals surface area contributed by atoms with E-state index in [2.05, 4.69) is 0 Å². The Morgan fingerprint density at radius 2 is 1.32 bits per heavy atom. The lowest BCUT2D eigenvalue weighted by Gasteiger charge is -2.18. The lowest BCUT2D eigenvalue weighted by molar-refractivity contribution is -0.150. The van der Waals surface area contributed by atoms with Crippen molar-refractivity contribution in [3.05, 3.63) is 0 Å². The van der Waals surface area contributed by atoms with Crippen molar-refractivity contribution in [2.24, 2.45) is 5.73 Å². The summed E-state index contributed by atoms with van der Waals surface area (Å²) in [5.41, 5.74) is 5.46. The Hall–Kier alpha value is -0.280. The molecule has 0 atom stereocenters. The number of rotatable bonds is 6. The van der Waals surface area contributed by atoms with Crippen molar-refractivity contribution >= 4 is 18.4 Å². The first-order chi connectivity index (χ1) is 10.3. The molecule has 0 saturated heterocycles. The van der Waals surface area contributed by atoms with Gasteiger partial charge in [-0.1, -0.05) is 51.4 Å². The zero-order chi connectivity index (χ0) is 15.2. The van der Waals surface area contributed by atoms with Crippen LogP contribution in [-0.4, -0.2) is 18.6 Å². The van der Waals surface area contributed by atoms with Crippen LogP contribution in [0.1, 0.15) is 96.3 Å². The van der Waals surface area contributed by atoms with E-state index in [-0.39, 0.29) is 24.5 Å². The molecule has 0 aromatic heterocycles. The summed E-state index contributed by atoms with van der Waals surface area (Å²) < 4.78 is 5.71. The van der Waals surface area contributed by atoms with Crippen molar-refractivity contribution in [3.8, 4) is 0 Å². The summed E-state index contributed by atoms with van der Waals surface area (Å²) in [5.74, 6) is 0.00381. The van der Waals surface area contributed by atoms with Crippen molar-refractivity contribution in [2.75, 3.05) is 6.54 Å². The van der Waals surface area contributed by atoms with E-state index in [0.29, 0.717) is 6.42 Å². The minimum Gasteiger partial charge on any atom is -0.462 e. The molecule has 0 heterocycles. The summed E-state index contributed by atoms with van der Waals surface area (Å²) in [6, 6.07) is 0. The molecule has 22 heavy (non-hydrogen) atoms. The number of esters is 1. The molecule has 0 aromatic carbocycles. The third-order valence-electron chi connectivity index (χ3n) is 4.44. The maximum absolute atomic E-state index is 11.9. The van der Waals surface area contributed by atoms with Crippen LogP contribution in [0, 0.1) is 0 Å². The van der Waals surface area contributed by atoms with Crippen LogP contribution in [0.5, 0.6) is 0 Å². The van der Waals surface area contributed by atoms with Crippen LogP contribution < -0.4 is 5.73 Å². The maximum atomic E-state index is 11.9. The van der Waals surface area contributed by atoms with E-state index in [1.54, 1.807) is 0 Å². The van der Waals surface area contributed by atoms with E-state index < -0.39 is 0 Å². The normalized spacial score (nSPS) is 18.6. The number of hydrogen-bond acceptors (Lipinski definition) is 3. The highest BCUT2D eigenvalue weighted by Crippen LogP contribution is 2.19. The molecule has 0 unspecified atom stereocenters. The van der Waals surface area contributed by atoms with Crippen molar-refractivity contribution in [3.63, 3.8) is 0 Å². The summed E-state index contributed by atoms with van der Waals surface area (Å²) in [6.07, 6.45) is 17.7. The third-order valence-corrected chi connectivity index (χ3v) is 4.44. The molecular weight excluding hydrogens is 298 g/mol. The summed E-state index contributed by atoms with van der Waals surface area (Å²) in [7, 11) is 0. The molecule has 1 aliphatic carbocycles. The van der Waals surface area contributed by atoms with Gasteiger partial charge in [-0.05, 0) is 45.1 Å². The molecule has 0 spiro atoms. The number of nitrogens with two attached hydrogens (primary N) is 1. The number of halogens is 1. The molecule has 1 aliphatic rings. The average molecular weight is 334 g/mol. The predicted molar refractivity (Wildman–Crippen MR) is 95.4 cm³/mol. The smallest absolute Gasteiger partial charge is 0.306 e. The quantitative estimate of drug-likeness (QED) is 0.540. The molecule has 4 heteroatoms. The van der Waals surface area contributed by atoms with E-state index in [0.717, 1.165) is 38.6 Å². The summed E-state index contributed by atoms with van der Waals surface area (Å²) in [6.45, 7) is 0.720. The van der Waals surface area contributed by atoms with Gasteiger partial charge in [-0.3, -0.25) is 4.79 Å². The maximum Gasteiger partial charge on any atom is 0.306 e. The van der Waals surface area contributed by atoms with Crippen LogP contribution >= 0.6 is 12.4 Å². The summed E-state index contributed by atoms with van der Waals surface area (Å²) in [4.78, 5) is 11.9. The standard InChI is InChI=1S/C18H35NO2.ClH/c19-16-12-8-11-15-18(20)21-17-13-9-6-4-2-1-3-5-7-10-14-17;/h17H,1-16,19H2;1H. The van der Waals surface area contributed by atoms with Crippen molar-refractivity contribution in [1.29, 1.82) is 0 Å². The monoisotopic (exact) mass is 333 g/mol. The molecule has 0 aliphatic heterocycles. The highest BCUT2D eigenvalue weighted by Gasteiger charge is 2.14. The van der Waals surface area contributed by atoms with E-state index in [9.17, 15) is 4.79 Å². The molecular formula is C18H36ClNO2. The number of carbonyl (C=O) groups excluding carboxylic acids is 1. The second kappa shape index (κ2) is 15.6. The van der Waals surface area contributed by atoms with E-state index in [1.165, 1.54) is 57.8 Å². The number of unbranched alkanes of at least 4 members (excludes halogenated alkanes) is 2. The number of carbonyl (C=O) groups is 1. The number of hydrogen-bond donors (Lipinski definition) is 1. The van der Waals surface area contributed by atoms with Gasteiger partial charge in [0.25, 0.3) is 0 Å². The van der Waals surface area contributed by atoms with Crippen molar-refractivity contribution < 1.29 is 9.53 Å². The second-order valence-corrected chi connectivity index (χ2v) is 6.47. The zero-order valence-electron chi connectivity index (χ0n) is 14.2. The van der Waals surface area contributed by atoms with Crippen molar-refractivity contribution in [1.82, 2.24) is 0 Å². The van der Waals surface area contributed by atoms with Gasteiger partial charge >= 0.3 is 5.97 Å². The Labute approximate surface area is 143 Å². The highest BCUT2D eigenvalue weighted by atomic mass is 35.5. The molecule has 3 nitrogen and oxygen atoms in total. The van der Waals surface area contributed by atoms with E-state index in [1.807, 2.05) is 0 Å². The SMILES string of the molecule is Cl.NCCCCCC(=O)OC1CCCCCCCCCCC1. The van der Waals surface area contributed by atoms with E-state index >= 15 is 0 Å². The second-order valence-electron chi connectivity index (χ2n) is 6.47. The van der Waals surface area contributed by atoms with Crippen LogP contribution in [0.2, 0.25) is 0 Å². The largest absolute Gasteiger partial charge is 0.462 e. The van der Waals surface area contributed by atoms with Gasteiger partial charge in [-0.15, -0.1) is 12.4 Å². The summed E-state index contributed by atoms with van der Waals surface area (Å²) in [5, 5.41) is 0. The Bertz CT molecular complexity index is 249. The Balaban J connectivity index is 0.00000441. The van der Waals surface area contributed by atoms with Crippen molar-refractivity contribution in [2.45, 2.75) is 102 Å². The lowest BCUT2D eigenvalue weighted by Crippen LogP contribution is -2.18. The number of ether oxygens (including phenoxy) is 1. The topological polar surface area (TPSA) is 52.3 Å². The average Bonchev–Trinajstić information content (AvgIpc) is 2.46. The van der Waals surface area contributed by atoms with Crippen LogP contribution in [-0.2, 0) is 9.53 Å². The summed E-state index contributed by atoms with van der Waals surface area (Å²) >= 11 is 0. The molecule has 0 amide bonds. The fourth-order valence-corrected chi connectivity index (χ4v) is 3.08. The molecule has 0 radical (unpaired) electrons. The Kier molecular flexibility index (Phi) is 15.4. The van der Waals surface area contributed by atoms with Gasteiger partial charge in [-0.25, -0.2) is 0 Å². The first-order valence-corrected chi connectivity index (χ1v) is 9.22. The minimum absolute atomic E-state index is 0. The fraction of sp³-hybridized carbons (Fsp3) is 0.944. The zero-order valence-corrected chi connectivity index (χ0v) is 15.0. The van der Waals surface area contributed by atoms with Gasteiger partial charge in [0.1, 0.15) is 6.10 Å². The Morgan fingerprint density at radius 3 is 1.82 bits per heavy atom. The molecule has 0 aromatic rings. The van der Waals surface area contributed by atoms with Gasteiger partial charge in [0.15, 0.2) is 0 Å². The van der Waals surface area contributed by atoms with Crippen LogP contribution in [0.15, 0.2) is 0 Å². The molecule has 132 valence electrons. The predicted octanol–water partition coefficient (Wildman–Crippen LogP) is 5.14. The molecule has 1 fully saturated rings. The molecule has 0 bridgehead atoms. The molecule has 1 rings (SSSR count). The fourth-order valence-electron chi connectivity index (χ4n) is 3.08. The highest BCUT2D eigenvalue weighted by molar-refractivity contribution is 5.85. The minimum atomic E-state index is 0. The molecule has 2 N–H and O–H groups in total. The molecule has 1 saturated carbocycles. The van der Waals surface area contributed by atoms with Crippen LogP contribution in [0.25, 0.3) is 0 Å². The van der Waals surface area contributed by atoms with Gasteiger partial charge in [0.2, 0.25) is 0 Å². The Morgan fingerprint density at radius 1 is 0.818 bits per heavy atom. The lowest BCUT2D eigenvalue weighted by atomic mass is 9.99. The first kappa shape index (κ1) is 21.7. The van der Waals surface area contributed by atoms with Crippen LogP contribution in [0.3, 0.4) is 0 Å².